The highest BCUT2D eigenvalue weighted by molar-refractivity contribution is 5.76. The van der Waals surface area contributed by atoms with Crippen LogP contribution in [0.1, 0.15) is 54.4 Å². The molecule has 1 unspecified atom stereocenters. The summed E-state index contributed by atoms with van der Waals surface area (Å²) >= 11 is 0. The van der Waals surface area contributed by atoms with Crippen LogP contribution < -0.4 is 10.6 Å². The van der Waals surface area contributed by atoms with E-state index in [0.717, 1.165) is 0 Å². The lowest BCUT2D eigenvalue weighted by Gasteiger charge is -2.28. The number of benzene rings is 1. The average molecular weight is 300 g/mol. The number of hydrogen-bond donors (Lipinski definition) is 2. The lowest BCUT2D eigenvalue weighted by Crippen LogP contribution is -2.39. The van der Waals surface area contributed by atoms with Crippen molar-refractivity contribution < 1.29 is 4.79 Å². The van der Waals surface area contributed by atoms with Crippen molar-refractivity contribution in [1.82, 2.24) is 10.6 Å². The second-order valence-corrected chi connectivity index (χ2v) is 7.33. The number of fused-ring (bicyclic) bond motifs is 2. The largest absolute Gasteiger partial charge is 0.352 e. The molecular weight excluding hydrogens is 272 g/mol. The molecule has 0 radical (unpaired) electrons. The van der Waals surface area contributed by atoms with E-state index >= 15 is 0 Å². The number of hydrogen-bond acceptors (Lipinski definition) is 2. The van der Waals surface area contributed by atoms with Gasteiger partial charge in [-0.25, -0.2) is 0 Å². The van der Waals surface area contributed by atoms with Gasteiger partial charge in [0, 0.05) is 25.0 Å². The number of carbonyl (C=O) groups excluding carboxylic acids is 1. The summed E-state index contributed by atoms with van der Waals surface area (Å²) in [6.07, 6.45) is 5.63. The van der Waals surface area contributed by atoms with Crippen molar-refractivity contribution in [2.45, 2.75) is 71.5 Å². The summed E-state index contributed by atoms with van der Waals surface area (Å²) in [5.41, 5.74) is 5.11. The lowest BCUT2D eigenvalue weighted by atomic mass is 9.89. The molecule has 3 atom stereocenters. The molecule has 1 amide bonds. The van der Waals surface area contributed by atoms with Crippen LogP contribution in [0.4, 0.5) is 0 Å². The summed E-state index contributed by atoms with van der Waals surface area (Å²) in [6.45, 7) is 7.04. The number of aryl methyl sites for hydroxylation is 3. The van der Waals surface area contributed by atoms with E-state index in [9.17, 15) is 4.79 Å². The van der Waals surface area contributed by atoms with Gasteiger partial charge in [-0.15, -0.1) is 0 Å². The van der Waals surface area contributed by atoms with E-state index in [-0.39, 0.29) is 5.91 Å². The van der Waals surface area contributed by atoms with Gasteiger partial charge >= 0.3 is 0 Å². The summed E-state index contributed by atoms with van der Waals surface area (Å²) in [6, 6.07) is 5.72. The maximum Gasteiger partial charge on any atom is 0.220 e. The van der Waals surface area contributed by atoms with Crippen molar-refractivity contribution >= 4 is 5.91 Å². The molecule has 2 aliphatic heterocycles. The Morgan fingerprint density at radius 2 is 1.73 bits per heavy atom. The van der Waals surface area contributed by atoms with Crippen molar-refractivity contribution in [3.63, 3.8) is 0 Å². The Morgan fingerprint density at radius 1 is 1.14 bits per heavy atom. The highest BCUT2D eigenvalue weighted by atomic mass is 16.1. The second-order valence-electron chi connectivity index (χ2n) is 7.33. The van der Waals surface area contributed by atoms with Crippen LogP contribution in [-0.2, 0) is 11.3 Å². The molecule has 2 aliphatic rings. The van der Waals surface area contributed by atoms with Crippen molar-refractivity contribution in [3.8, 4) is 0 Å². The van der Waals surface area contributed by atoms with Gasteiger partial charge in [0.15, 0.2) is 0 Å². The van der Waals surface area contributed by atoms with Gasteiger partial charge in [0.25, 0.3) is 0 Å². The molecule has 2 heterocycles. The molecule has 3 nitrogen and oxygen atoms in total. The van der Waals surface area contributed by atoms with Crippen LogP contribution >= 0.6 is 0 Å². The zero-order valence-electron chi connectivity index (χ0n) is 14.0. The van der Waals surface area contributed by atoms with Gasteiger partial charge in [0.1, 0.15) is 0 Å². The van der Waals surface area contributed by atoms with E-state index < -0.39 is 0 Å². The number of nitrogens with one attached hydrogen (secondary N) is 2. The molecule has 1 aromatic rings. The maximum absolute atomic E-state index is 12.3. The molecular formula is C19H28N2O. The van der Waals surface area contributed by atoms with Crippen LogP contribution in [0.3, 0.4) is 0 Å². The van der Waals surface area contributed by atoms with Crippen LogP contribution in [0.2, 0.25) is 0 Å². The molecule has 0 aromatic heterocycles. The Labute approximate surface area is 133 Å². The zero-order chi connectivity index (χ0) is 15.7. The Hall–Kier alpha value is -1.35. The summed E-state index contributed by atoms with van der Waals surface area (Å²) in [5.74, 6) is 0.782. The summed E-state index contributed by atoms with van der Waals surface area (Å²) < 4.78 is 0. The topological polar surface area (TPSA) is 41.1 Å². The third-order valence-electron chi connectivity index (χ3n) is 5.35. The van der Waals surface area contributed by atoms with Crippen LogP contribution in [0.25, 0.3) is 0 Å². The Bertz CT molecular complexity index is 532. The summed E-state index contributed by atoms with van der Waals surface area (Å²) in [4.78, 5) is 12.3. The number of piperidine rings is 1. The standard InChI is InChI=1S/C19H28N2O/c1-12-6-13(2)18(14(3)7-12)11-20-19(22)10-15-8-16-4-5-17(9-15)21-16/h6-7,15-17,21H,4-5,8-11H2,1-3H3,(H,20,22)/t15?,16-,17+. The van der Waals surface area contributed by atoms with Gasteiger partial charge in [-0.1, -0.05) is 17.7 Å². The number of rotatable bonds is 4. The molecule has 2 N–H and O–H groups in total. The molecule has 0 aliphatic carbocycles. The van der Waals surface area contributed by atoms with E-state index in [1.54, 1.807) is 0 Å². The first-order chi connectivity index (χ1) is 10.5. The first-order valence-electron chi connectivity index (χ1n) is 8.60. The highest BCUT2D eigenvalue weighted by Gasteiger charge is 2.34. The minimum atomic E-state index is 0.214. The van der Waals surface area contributed by atoms with Gasteiger partial charge in [-0.3, -0.25) is 4.79 Å². The van der Waals surface area contributed by atoms with Gasteiger partial charge < -0.3 is 10.6 Å². The third-order valence-corrected chi connectivity index (χ3v) is 5.35. The second kappa shape index (κ2) is 6.41. The lowest BCUT2D eigenvalue weighted by molar-refractivity contribution is -0.122. The van der Waals surface area contributed by atoms with Crippen LogP contribution in [0.15, 0.2) is 12.1 Å². The first-order valence-corrected chi connectivity index (χ1v) is 8.60. The Balaban J connectivity index is 1.52. The van der Waals surface area contributed by atoms with Crippen molar-refractivity contribution in [1.29, 1.82) is 0 Å². The fourth-order valence-corrected chi connectivity index (χ4v) is 4.35. The normalized spacial score (nSPS) is 27.0. The summed E-state index contributed by atoms with van der Waals surface area (Å²) in [5, 5.41) is 6.78. The van der Waals surface area contributed by atoms with Crippen LogP contribution in [0, 0.1) is 26.7 Å². The number of carbonyl (C=O) groups is 1. The van der Waals surface area contributed by atoms with E-state index in [4.69, 9.17) is 0 Å². The minimum Gasteiger partial charge on any atom is -0.352 e. The smallest absolute Gasteiger partial charge is 0.220 e. The molecule has 120 valence electrons. The Morgan fingerprint density at radius 3 is 2.32 bits per heavy atom. The SMILES string of the molecule is Cc1cc(C)c(CNC(=O)CC2C[C@H]3CC[C@@H](C2)N3)c(C)c1. The highest BCUT2D eigenvalue weighted by Crippen LogP contribution is 2.32. The predicted molar refractivity (Wildman–Crippen MR) is 89.8 cm³/mol. The Kier molecular flexibility index (Phi) is 4.53. The van der Waals surface area contributed by atoms with Crippen LogP contribution in [-0.4, -0.2) is 18.0 Å². The molecule has 2 fully saturated rings. The van der Waals surface area contributed by atoms with Crippen LogP contribution in [0.5, 0.6) is 0 Å². The third kappa shape index (κ3) is 3.52. The fourth-order valence-electron chi connectivity index (χ4n) is 4.35. The molecule has 1 aromatic carbocycles. The molecule has 3 rings (SSSR count). The molecule has 0 spiro atoms. The molecule has 0 saturated carbocycles. The van der Waals surface area contributed by atoms with Gasteiger partial charge in [-0.2, -0.15) is 0 Å². The molecule has 2 bridgehead atoms. The predicted octanol–water partition coefficient (Wildman–Crippen LogP) is 3.15. The maximum atomic E-state index is 12.3. The van der Waals surface area contributed by atoms with E-state index in [0.29, 0.717) is 31.0 Å². The van der Waals surface area contributed by atoms with Gasteiger partial charge in [0.2, 0.25) is 5.91 Å². The van der Waals surface area contributed by atoms with E-state index in [1.165, 1.54) is 47.9 Å². The average Bonchev–Trinajstić information content (AvgIpc) is 2.76. The van der Waals surface area contributed by atoms with E-state index in [2.05, 4.69) is 43.5 Å². The minimum absolute atomic E-state index is 0.214. The number of amides is 1. The molecule has 22 heavy (non-hydrogen) atoms. The van der Waals surface area contributed by atoms with Crippen molar-refractivity contribution in [2.24, 2.45) is 5.92 Å². The van der Waals surface area contributed by atoms with Gasteiger partial charge in [0.05, 0.1) is 0 Å². The van der Waals surface area contributed by atoms with Crippen molar-refractivity contribution in [2.75, 3.05) is 0 Å². The van der Waals surface area contributed by atoms with Gasteiger partial charge in [-0.05, 0) is 69.1 Å². The molecule has 3 heteroatoms. The first kappa shape index (κ1) is 15.5. The zero-order valence-corrected chi connectivity index (χ0v) is 14.0. The fraction of sp³-hybridized carbons (Fsp3) is 0.632. The van der Waals surface area contributed by atoms with Crippen molar-refractivity contribution in [3.05, 3.63) is 34.4 Å². The summed E-state index contributed by atoms with van der Waals surface area (Å²) in [7, 11) is 0. The monoisotopic (exact) mass is 300 g/mol. The molecule has 2 saturated heterocycles. The van der Waals surface area contributed by atoms with E-state index in [1.807, 2.05) is 0 Å². The quantitative estimate of drug-likeness (QED) is 0.897.